The van der Waals surface area contributed by atoms with E-state index in [9.17, 15) is 14.0 Å². The van der Waals surface area contributed by atoms with Crippen LogP contribution in [-0.2, 0) is 4.79 Å². The number of hydrogen-bond donors (Lipinski definition) is 2. The van der Waals surface area contributed by atoms with Gasteiger partial charge in [0.1, 0.15) is 5.82 Å². The quantitative estimate of drug-likeness (QED) is 0.894. The van der Waals surface area contributed by atoms with Crippen molar-refractivity contribution in [2.24, 2.45) is 5.92 Å². The van der Waals surface area contributed by atoms with Gasteiger partial charge < -0.3 is 10.6 Å². The van der Waals surface area contributed by atoms with Gasteiger partial charge in [0, 0.05) is 11.6 Å². The minimum absolute atomic E-state index is 0.0561. The number of hydrogen-bond acceptors (Lipinski definition) is 2. The van der Waals surface area contributed by atoms with Crippen molar-refractivity contribution < 1.29 is 14.0 Å². The van der Waals surface area contributed by atoms with Gasteiger partial charge >= 0.3 is 0 Å². The van der Waals surface area contributed by atoms with Gasteiger partial charge in [0.25, 0.3) is 5.91 Å². The average Bonchev–Trinajstić information content (AvgIpc) is 2.48. The molecule has 1 aromatic carbocycles. The van der Waals surface area contributed by atoms with Gasteiger partial charge in [-0.25, -0.2) is 4.39 Å². The van der Waals surface area contributed by atoms with Crippen molar-refractivity contribution in [3.05, 3.63) is 35.6 Å². The molecular formula is C16H21FN2O2. The van der Waals surface area contributed by atoms with Crippen LogP contribution in [0.5, 0.6) is 0 Å². The molecule has 2 N–H and O–H groups in total. The molecule has 0 aliphatic heterocycles. The maximum atomic E-state index is 12.8. The Morgan fingerprint density at radius 3 is 2.52 bits per heavy atom. The topological polar surface area (TPSA) is 58.2 Å². The predicted octanol–water partition coefficient (Wildman–Crippen LogP) is 2.25. The van der Waals surface area contributed by atoms with Crippen LogP contribution in [0.1, 0.15) is 43.0 Å². The van der Waals surface area contributed by atoms with Crippen LogP contribution >= 0.6 is 0 Å². The molecule has 0 unspecified atom stereocenters. The van der Waals surface area contributed by atoms with Crippen LogP contribution in [0.3, 0.4) is 0 Å². The van der Waals surface area contributed by atoms with Crippen molar-refractivity contribution in [1.82, 2.24) is 10.6 Å². The molecule has 0 heterocycles. The van der Waals surface area contributed by atoms with Crippen molar-refractivity contribution in [3.8, 4) is 0 Å². The van der Waals surface area contributed by atoms with Gasteiger partial charge in [-0.3, -0.25) is 9.59 Å². The van der Waals surface area contributed by atoms with Crippen molar-refractivity contribution >= 4 is 11.8 Å². The zero-order chi connectivity index (χ0) is 15.2. The average molecular weight is 292 g/mol. The van der Waals surface area contributed by atoms with E-state index in [1.807, 2.05) is 0 Å². The maximum absolute atomic E-state index is 12.8. The Kier molecular flexibility index (Phi) is 5.31. The van der Waals surface area contributed by atoms with Crippen LogP contribution in [-0.4, -0.2) is 24.4 Å². The second kappa shape index (κ2) is 7.20. The van der Waals surface area contributed by atoms with Crippen LogP contribution in [0, 0.1) is 11.7 Å². The van der Waals surface area contributed by atoms with E-state index in [1.165, 1.54) is 30.7 Å². The highest BCUT2D eigenvalue weighted by atomic mass is 19.1. The second-order valence-electron chi connectivity index (χ2n) is 5.63. The number of nitrogens with one attached hydrogen (secondary N) is 2. The molecule has 0 radical (unpaired) electrons. The van der Waals surface area contributed by atoms with Crippen molar-refractivity contribution in [3.63, 3.8) is 0 Å². The van der Waals surface area contributed by atoms with E-state index in [4.69, 9.17) is 0 Å². The zero-order valence-electron chi connectivity index (χ0n) is 12.2. The lowest BCUT2D eigenvalue weighted by Gasteiger charge is -2.29. The Labute approximate surface area is 124 Å². The van der Waals surface area contributed by atoms with Crippen molar-refractivity contribution in [2.75, 3.05) is 6.54 Å². The van der Waals surface area contributed by atoms with E-state index in [1.54, 1.807) is 0 Å². The highest BCUT2D eigenvalue weighted by Crippen LogP contribution is 2.23. The molecular weight excluding hydrogens is 271 g/mol. The molecule has 1 fully saturated rings. The van der Waals surface area contributed by atoms with Gasteiger partial charge in [-0.1, -0.05) is 19.8 Å². The SMILES string of the molecule is C[C@H]1CCCC[C@H]1NC(=O)CNC(=O)c1ccc(F)cc1. The Bertz CT molecular complexity index is 502. The highest BCUT2D eigenvalue weighted by molar-refractivity contribution is 5.96. The van der Waals surface area contributed by atoms with Gasteiger partial charge in [0.2, 0.25) is 5.91 Å². The molecule has 1 saturated carbocycles. The van der Waals surface area contributed by atoms with Crippen molar-refractivity contribution in [2.45, 2.75) is 38.6 Å². The first-order valence-corrected chi connectivity index (χ1v) is 7.39. The third kappa shape index (κ3) is 4.55. The van der Waals surface area contributed by atoms with E-state index in [2.05, 4.69) is 17.6 Å². The summed E-state index contributed by atoms with van der Waals surface area (Å²) in [7, 11) is 0. The summed E-state index contributed by atoms with van der Waals surface area (Å²) in [6, 6.07) is 5.43. The summed E-state index contributed by atoms with van der Waals surface area (Å²) in [6.45, 7) is 2.08. The molecule has 2 atom stereocenters. The van der Waals surface area contributed by atoms with E-state index in [-0.39, 0.29) is 24.4 Å². The Hall–Kier alpha value is -1.91. The molecule has 0 bridgehead atoms. The summed E-state index contributed by atoms with van der Waals surface area (Å²) >= 11 is 0. The summed E-state index contributed by atoms with van der Waals surface area (Å²) in [5.41, 5.74) is 0.343. The predicted molar refractivity (Wildman–Crippen MR) is 78.3 cm³/mol. The lowest BCUT2D eigenvalue weighted by atomic mass is 9.86. The summed E-state index contributed by atoms with van der Waals surface area (Å²) in [4.78, 5) is 23.7. The number of amides is 2. The molecule has 1 aromatic rings. The minimum atomic E-state index is -0.393. The third-order valence-electron chi connectivity index (χ3n) is 3.97. The monoisotopic (exact) mass is 292 g/mol. The van der Waals surface area contributed by atoms with Crippen molar-refractivity contribution in [1.29, 1.82) is 0 Å². The van der Waals surface area contributed by atoms with Gasteiger partial charge in [-0.15, -0.1) is 0 Å². The Morgan fingerprint density at radius 1 is 1.19 bits per heavy atom. The standard InChI is InChI=1S/C16H21FN2O2/c1-11-4-2-3-5-14(11)19-15(20)10-18-16(21)12-6-8-13(17)9-7-12/h6-9,11,14H,2-5,10H2,1H3,(H,18,21)(H,19,20)/t11-,14+/m0/s1. The summed E-state index contributed by atoms with van der Waals surface area (Å²) in [5.74, 6) is -0.461. The lowest BCUT2D eigenvalue weighted by Crippen LogP contribution is -2.45. The smallest absolute Gasteiger partial charge is 0.251 e. The molecule has 0 aromatic heterocycles. The van der Waals surface area contributed by atoms with E-state index in [0.29, 0.717) is 11.5 Å². The first kappa shape index (κ1) is 15.5. The van der Waals surface area contributed by atoms with E-state index >= 15 is 0 Å². The molecule has 1 aliphatic carbocycles. The normalized spacial score (nSPS) is 21.6. The van der Waals surface area contributed by atoms with Crippen LogP contribution in [0.4, 0.5) is 4.39 Å². The highest BCUT2D eigenvalue weighted by Gasteiger charge is 2.22. The Morgan fingerprint density at radius 2 is 1.86 bits per heavy atom. The lowest BCUT2D eigenvalue weighted by molar-refractivity contribution is -0.121. The summed E-state index contributed by atoms with van der Waals surface area (Å²) in [6.07, 6.45) is 4.48. The molecule has 4 nitrogen and oxygen atoms in total. The minimum Gasteiger partial charge on any atom is -0.352 e. The third-order valence-corrected chi connectivity index (χ3v) is 3.97. The van der Waals surface area contributed by atoms with Gasteiger partial charge in [-0.05, 0) is 43.0 Å². The molecule has 0 spiro atoms. The van der Waals surface area contributed by atoms with E-state index < -0.39 is 5.82 Å². The largest absolute Gasteiger partial charge is 0.352 e. The fraction of sp³-hybridized carbons (Fsp3) is 0.500. The molecule has 21 heavy (non-hydrogen) atoms. The summed E-state index contributed by atoms with van der Waals surface area (Å²) < 4.78 is 12.8. The molecule has 114 valence electrons. The first-order valence-electron chi connectivity index (χ1n) is 7.39. The number of carbonyl (C=O) groups is 2. The van der Waals surface area contributed by atoms with Gasteiger partial charge in [0.05, 0.1) is 6.54 Å². The van der Waals surface area contributed by atoms with Gasteiger partial charge in [0.15, 0.2) is 0 Å². The fourth-order valence-electron chi connectivity index (χ4n) is 2.65. The molecule has 5 heteroatoms. The molecule has 1 aliphatic rings. The molecule has 2 amide bonds. The number of carbonyl (C=O) groups excluding carboxylic acids is 2. The zero-order valence-corrected chi connectivity index (χ0v) is 12.2. The molecule has 2 rings (SSSR count). The Balaban J connectivity index is 1.78. The van der Waals surface area contributed by atoms with Gasteiger partial charge in [-0.2, -0.15) is 0 Å². The summed E-state index contributed by atoms with van der Waals surface area (Å²) in [5, 5.41) is 5.52. The van der Waals surface area contributed by atoms with Crippen LogP contribution in [0.2, 0.25) is 0 Å². The first-order chi connectivity index (χ1) is 10.1. The van der Waals surface area contributed by atoms with E-state index in [0.717, 1.165) is 19.3 Å². The molecule has 0 saturated heterocycles. The fourth-order valence-corrected chi connectivity index (χ4v) is 2.65. The van der Waals surface area contributed by atoms with Crippen LogP contribution < -0.4 is 10.6 Å². The van der Waals surface area contributed by atoms with Crippen LogP contribution in [0.15, 0.2) is 24.3 Å². The second-order valence-corrected chi connectivity index (χ2v) is 5.63. The number of rotatable bonds is 4. The number of halogens is 1. The van der Waals surface area contributed by atoms with Crippen LogP contribution in [0.25, 0.3) is 0 Å². The number of benzene rings is 1. The maximum Gasteiger partial charge on any atom is 0.251 e.